The van der Waals surface area contributed by atoms with Crippen molar-refractivity contribution < 1.29 is 9.90 Å². The Hall–Kier alpha value is -2.09. The molecule has 74 valence electrons. The van der Waals surface area contributed by atoms with Gasteiger partial charge in [-0.05, 0) is 22.4 Å². The van der Waals surface area contributed by atoms with Crippen LogP contribution in [0.25, 0.3) is 16.8 Å². The van der Waals surface area contributed by atoms with E-state index in [1.807, 2.05) is 24.3 Å². The van der Waals surface area contributed by atoms with Crippen molar-refractivity contribution in [2.75, 3.05) is 0 Å². The van der Waals surface area contributed by atoms with Gasteiger partial charge in [-0.1, -0.05) is 43.0 Å². The lowest BCUT2D eigenvalue weighted by Gasteiger charge is -2.04. The molecule has 0 aliphatic carbocycles. The van der Waals surface area contributed by atoms with E-state index in [-0.39, 0.29) is 0 Å². The first-order valence-electron chi connectivity index (χ1n) is 4.61. The predicted molar refractivity (Wildman–Crippen MR) is 61.0 cm³/mol. The van der Waals surface area contributed by atoms with Gasteiger partial charge in [0.1, 0.15) is 0 Å². The van der Waals surface area contributed by atoms with E-state index in [1.165, 1.54) is 0 Å². The summed E-state index contributed by atoms with van der Waals surface area (Å²) in [6.07, 6.45) is 1.73. The third kappa shape index (κ3) is 1.50. The van der Waals surface area contributed by atoms with Crippen LogP contribution in [-0.4, -0.2) is 11.1 Å². The van der Waals surface area contributed by atoms with Gasteiger partial charge in [0.05, 0.1) is 5.56 Å². The van der Waals surface area contributed by atoms with Crippen LogP contribution in [0.2, 0.25) is 0 Å². The zero-order valence-corrected chi connectivity index (χ0v) is 8.10. The molecule has 0 saturated heterocycles. The van der Waals surface area contributed by atoms with Crippen molar-refractivity contribution in [1.29, 1.82) is 0 Å². The highest BCUT2D eigenvalue weighted by Gasteiger charge is 2.08. The van der Waals surface area contributed by atoms with Gasteiger partial charge in [0.2, 0.25) is 0 Å². The van der Waals surface area contributed by atoms with Crippen LogP contribution in [0.15, 0.2) is 43.0 Å². The summed E-state index contributed by atoms with van der Waals surface area (Å²) in [5.74, 6) is -0.901. The Morgan fingerprint density at radius 1 is 1.13 bits per heavy atom. The van der Waals surface area contributed by atoms with Crippen LogP contribution in [0.5, 0.6) is 0 Å². The molecule has 0 unspecified atom stereocenters. The first kappa shape index (κ1) is 9.46. The van der Waals surface area contributed by atoms with Crippen molar-refractivity contribution in [1.82, 2.24) is 0 Å². The maximum Gasteiger partial charge on any atom is 0.336 e. The summed E-state index contributed by atoms with van der Waals surface area (Å²) < 4.78 is 0. The van der Waals surface area contributed by atoms with Crippen molar-refractivity contribution in [3.8, 4) is 0 Å². The Balaban J connectivity index is 2.88. The largest absolute Gasteiger partial charge is 0.478 e. The minimum Gasteiger partial charge on any atom is -0.478 e. The summed E-state index contributed by atoms with van der Waals surface area (Å²) in [5.41, 5.74) is 1.28. The maximum atomic E-state index is 11.0. The first-order chi connectivity index (χ1) is 7.24. The number of hydrogen-bond donors (Lipinski definition) is 1. The van der Waals surface area contributed by atoms with E-state index >= 15 is 0 Å². The fraction of sp³-hybridized carbons (Fsp3) is 0. The molecular formula is C13H10O2. The molecule has 15 heavy (non-hydrogen) atoms. The monoisotopic (exact) mass is 198 g/mol. The molecule has 2 nitrogen and oxygen atoms in total. The average Bonchev–Trinajstić information content (AvgIpc) is 2.27. The van der Waals surface area contributed by atoms with E-state index in [2.05, 4.69) is 6.58 Å². The fourth-order valence-electron chi connectivity index (χ4n) is 1.70. The normalized spacial score (nSPS) is 10.1. The molecule has 0 aliphatic rings. The number of benzene rings is 2. The van der Waals surface area contributed by atoms with Crippen molar-refractivity contribution >= 4 is 22.8 Å². The topological polar surface area (TPSA) is 37.3 Å². The highest BCUT2D eigenvalue weighted by Crippen LogP contribution is 2.23. The summed E-state index contributed by atoms with van der Waals surface area (Å²) in [5, 5.41) is 10.7. The lowest BCUT2D eigenvalue weighted by Crippen LogP contribution is -1.97. The van der Waals surface area contributed by atoms with Gasteiger partial charge in [-0.3, -0.25) is 0 Å². The number of aromatic carboxylic acids is 1. The molecule has 0 atom stereocenters. The van der Waals surface area contributed by atoms with Crippen LogP contribution in [0.1, 0.15) is 15.9 Å². The van der Waals surface area contributed by atoms with E-state index in [4.69, 9.17) is 5.11 Å². The van der Waals surface area contributed by atoms with Gasteiger partial charge in [-0.25, -0.2) is 4.79 Å². The molecule has 0 spiro atoms. The summed E-state index contributed by atoms with van der Waals surface area (Å²) in [4.78, 5) is 11.0. The number of carboxylic acids is 1. The highest BCUT2D eigenvalue weighted by molar-refractivity contribution is 6.05. The Labute approximate surface area is 87.5 Å². The predicted octanol–water partition coefficient (Wildman–Crippen LogP) is 3.18. The molecule has 0 amide bonds. The van der Waals surface area contributed by atoms with Crippen molar-refractivity contribution in [2.24, 2.45) is 0 Å². The van der Waals surface area contributed by atoms with Crippen molar-refractivity contribution in [3.05, 3.63) is 54.1 Å². The summed E-state index contributed by atoms with van der Waals surface area (Å²) in [6, 6.07) is 10.8. The second-order valence-electron chi connectivity index (χ2n) is 3.26. The molecule has 2 rings (SSSR count). The Morgan fingerprint density at radius 3 is 2.47 bits per heavy atom. The van der Waals surface area contributed by atoms with E-state index in [0.717, 1.165) is 16.3 Å². The van der Waals surface area contributed by atoms with Crippen LogP contribution in [-0.2, 0) is 0 Å². The van der Waals surface area contributed by atoms with Gasteiger partial charge < -0.3 is 5.11 Å². The van der Waals surface area contributed by atoms with Gasteiger partial charge in [0.25, 0.3) is 0 Å². The molecule has 1 N–H and O–H groups in total. The third-order valence-electron chi connectivity index (χ3n) is 2.41. The highest BCUT2D eigenvalue weighted by atomic mass is 16.4. The SMILES string of the molecule is C=Cc1cccc2c(C(=O)O)cccc12. The van der Waals surface area contributed by atoms with Crippen LogP contribution in [0.4, 0.5) is 0 Å². The molecular weight excluding hydrogens is 188 g/mol. The lowest BCUT2D eigenvalue weighted by atomic mass is 10.0. The van der Waals surface area contributed by atoms with Gasteiger partial charge in [-0.2, -0.15) is 0 Å². The number of carbonyl (C=O) groups is 1. The summed E-state index contributed by atoms with van der Waals surface area (Å²) in [7, 11) is 0. The lowest BCUT2D eigenvalue weighted by molar-refractivity contribution is 0.0699. The van der Waals surface area contributed by atoms with Crippen LogP contribution < -0.4 is 0 Å². The van der Waals surface area contributed by atoms with Gasteiger partial charge in [0.15, 0.2) is 0 Å². The number of hydrogen-bond acceptors (Lipinski definition) is 1. The second-order valence-corrected chi connectivity index (χ2v) is 3.26. The van der Waals surface area contributed by atoms with Gasteiger partial charge in [-0.15, -0.1) is 0 Å². The van der Waals surface area contributed by atoms with Crippen LogP contribution >= 0.6 is 0 Å². The molecule has 0 aromatic heterocycles. The van der Waals surface area contributed by atoms with E-state index in [0.29, 0.717) is 5.56 Å². The maximum absolute atomic E-state index is 11.0. The van der Waals surface area contributed by atoms with Crippen molar-refractivity contribution in [2.45, 2.75) is 0 Å². The van der Waals surface area contributed by atoms with E-state index in [1.54, 1.807) is 18.2 Å². The quantitative estimate of drug-likeness (QED) is 0.804. The fourth-order valence-corrected chi connectivity index (χ4v) is 1.70. The molecule has 2 aromatic carbocycles. The molecule has 0 saturated carbocycles. The Kier molecular flexibility index (Phi) is 2.26. The molecule has 0 radical (unpaired) electrons. The van der Waals surface area contributed by atoms with E-state index in [9.17, 15) is 4.79 Å². The number of rotatable bonds is 2. The van der Waals surface area contributed by atoms with E-state index < -0.39 is 5.97 Å². The standard InChI is InChI=1S/C13H10O2/c1-2-9-5-3-7-11-10(9)6-4-8-12(11)13(14)15/h2-8H,1H2,(H,14,15). The Bertz CT molecular complexity index is 541. The minimum atomic E-state index is -0.901. The zero-order chi connectivity index (χ0) is 10.8. The van der Waals surface area contributed by atoms with Crippen LogP contribution in [0, 0.1) is 0 Å². The molecule has 0 aliphatic heterocycles. The van der Waals surface area contributed by atoms with Crippen molar-refractivity contribution in [3.63, 3.8) is 0 Å². The molecule has 2 aromatic rings. The Morgan fingerprint density at radius 2 is 1.80 bits per heavy atom. The molecule has 0 fully saturated rings. The first-order valence-corrected chi connectivity index (χ1v) is 4.61. The molecule has 2 heteroatoms. The number of fused-ring (bicyclic) bond motifs is 1. The zero-order valence-electron chi connectivity index (χ0n) is 8.10. The third-order valence-corrected chi connectivity index (χ3v) is 2.41. The summed E-state index contributed by atoms with van der Waals surface area (Å²) >= 11 is 0. The second kappa shape index (κ2) is 3.58. The smallest absolute Gasteiger partial charge is 0.336 e. The van der Waals surface area contributed by atoms with Gasteiger partial charge >= 0.3 is 5.97 Å². The number of carboxylic acid groups (broad SMARTS) is 1. The summed E-state index contributed by atoms with van der Waals surface area (Å²) in [6.45, 7) is 3.71. The molecule has 0 heterocycles. The molecule has 0 bridgehead atoms. The van der Waals surface area contributed by atoms with Crippen LogP contribution in [0.3, 0.4) is 0 Å². The van der Waals surface area contributed by atoms with Gasteiger partial charge in [0, 0.05) is 0 Å². The average molecular weight is 198 g/mol. The minimum absolute atomic E-state index is 0.330.